The van der Waals surface area contributed by atoms with Crippen molar-refractivity contribution in [1.82, 2.24) is 20.2 Å². The van der Waals surface area contributed by atoms with Crippen molar-refractivity contribution in [3.8, 4) is 11.4 Å². The van der Waals surface area contributed by atoms with Crippen LogP contribution < -0.4 is 5.32 Å². The summed E-state index contributed by atoms with van der Waals surface area (Å²) in [5.74, 6) is 0.699. The lowest BCUT2D eigenvalue weighted by atomic mass is 9.80. The van der Waals surface area contributed by atoms with Gasteiger partial charge in [-0.3, -0.25) is 4.90 Å². The first-order valence-corrected chi connectivity index (χ1v) is 12.5. The van der Waals surface area contributed by atoms with Crippen molar-refractivity contribution in [2.45, 2.75) is 25.0 Å². The van der Waals surface area contributed by atoms with Gasteiger partial charge < -0.3 is 15.4 Å². The molecule has 1 fully saturated rings. The Morgan fingerprint density at radius 2 is 1.51 bits per heavy atom. The van der Waals surface area contributed by atoms with E-state index < -0.39 is 6.10 Å². The summed E-state index contributed by atoms with van der Waals surface area (Å²) in [5, 5.41) is 16.2. The van der Waals surface area contributed by atoms with Crippen molar-refractivity contribution in [2.75, 3.05) is 26.2 Å². The number of aromatic amines is 1. The van der Waals surface area contributed by atoms with Crippen molar-refractivity contribution in [2.24, 2.45) is 0 Å². The SMILES string of the molecule is Cc1[nH]c(-c2cccc(Cl)c2)nc1C(O)C(C(c1ccccc1)c1ccccc1)N1CCNCC1. The molecule has 3 N–H and O–H groups in total. The predicted octanol–water partition coefficient (Wildman–Crippen LogP) is 5.18. The molecule has 1 saturated heterocycles. The van der Waals surface area contributed by atoms with Crippen LogP contribution in [0, 0.1) is 6.92 Å². The molecule has 1 aliphatic heterocycles. The van der Waals surface area contributed by atoms with E-state index in [9.17, 15) is 5.11 Å². The second-order valence-electron chi connectivity index (χ2n) is 9.13. The van der Waals surface area contributed by atoms with Crippen LogP contribution in [0.25, 0.3) is 11.4 Å². The van der Waals surface area contributed by atoms with Gasteiger partial charge in [-0.2, -0.15) is 0 Å². The number of hydrogen-bond donors (Lipinski definition) is 3. The molecule has 0 bridgehead atoms. The van der Waals surface area contributed by atoms with Crippen LogP contribution in [-0.2, 0) is 0 Å². The average molecular weight is 487 g/mol. The van der Waals surface area contributed by atoms with E-state index in [0.717, 1.165) is 37.4 Å². The molecule has 0 saturated carbocycles. The third-order valence-electron chi connectivity index (χ3n) is 6.86. The summed E-state index contributed by atoms with van der Waals surface area (Å²) in [4.78, 5) is 10.7. The lowest BCUT2D eigenvalue weighted by molar-refractivity contribution is 0.0295. The monoisotopic (exact) mass is 486 g/mol. The van der Waals surface area contributed by atoms with Crippen molar-refractivity contribution in [3.63, 3.8) is 0 Å². The van der Waals surface area contributed by atoms with Gasteiger partial charge >= 0.3 is 0 Å². The van der Waals surface area contributed by atoms with Gasteiger partial charge in [0.2, 0.25) is 0 Å². The Balaban J connectivity index is 1.60. The number of hydrogen-bond acceptors (Lipinski definition) is 4. The van der Waals surface area contributed by atoms with E-state index in [4.69, 9.17) is 16.6 Å². The molecule has 1 aliphatic rings. The van der Waals surface area contributed by atoms with Crippen LogP contribution in [0.15, 0.2) is 84.9 Å². The first-order chi connectivity index (χ1) is 17.1. The minimum absolute atomic E-state index is 0.0174. The summed E-state index contributed by atoms with van der Waals surface area (Å²) in [6, 6.07) is 28.5. The summed E-state index contributed by atoms with van der Waals surface area (Å²) < 4.78 is 0. The van der Waals surface area contributed by atoms with E-state index in [2.05, 4.69) is 63.7 Å². The Labute approximate surface area is 211 Å². The molecule has 1 aromatic heterocycles. The highest BCUT2D eigenvalue weighted by atomic mass is 35.5. The van der Waals surface area contributed by atoms with E-state index in [1.807, 2.05) is 43.3 Å². The van der Waals surface area contributed by atoms with Crippen LogP contribution in [-0.4, -0.2) is 52.2 Å². The molecule has 180 valence electrons. The highest BCUT2D eigenvalue weighted by Gasteiger charge is 2.38. The minimum Gasteiger partial charge on any atom is -0.385 e. The van der Waals surface area contributed by atoms with E-state index in [-0.39, 0.29) is 12.0 Å². The number of aliphatic hydroxyl groups is 1. The Morgan fingerprint density at radius 1 is 0.886 bits per heavy atom. The largest absolute Gasteiger partial charge is 0.385 e. The zero-order chi connectivity index (χ0) is 24.2. The number of halogens is 1. The fourth-order valence-electron chi connectivity index (χ4n) is 5.18. The van der Waals surface area contributed by atoms with E-state index in [1.165, 1.54) is 11.1 Å². The summed E-state index contributed by atoms with van der Waals surface area (Å²) in [7, 11) is 0. The summed E-state index contributed by atoms with van der Waals surface area (Å²) >= 11 is 6.23. The number of aromatic nitrogens is 2. The third-order valence-corrected chi connectivity index (χ3v) is 7.09. The molecular weight excluding hydrogens is 456 g/mol. The molecule has 0 aliphatic carbocycles. The molecule has 5 rings (SSSR count). The zero-order valence-electron chi connectivity index (χ0n) is 19.9. The molecule has 0 radical (unpaired) electrons. The number of benzene rings is 3. The van der Waals surface area contributed by atoms with Gasteiger partial charge in [-0.25, -0.2) is 4.98 Å². The van der Waals surface area contributed by atoms with Crippen LogP contribution in [0.4, 0.5) is 0 Å². The van der Waals surface area contributed by atoms with Gasteiger partial charge in [0.05, 0.1) is 11.7 Å². The first-order valence-electron chi connectivity index (χ1n) is 12.2. The normalized spacial score (nSPS) is 16.3. The number of nitrogens with one attached hydrogen (secondary N) is 2. The molecule has 5 nitrogen and oxygen atoms in total. The maximum Gasteiger partial charge on any atom is 0.137 e. The number of piperazine rings is 1. The van der Waals surface area contributed by atoms with Crippen molar-refractivity contribution >= 4 is 11.6 Å². The van der Waals surface area contributed by atoms with Gasteiger partial charge in [0, 0.05) is 48.4 Å². The molecule has 2 atom stereocenters. The highest BCUT2D eigenvalue weighted by Crippen LogP contribution is 2.38. The van der Waals surface area contributed by atoms with Gasteiger partial charge in [-0.05, 0) is 30.2 Å². The van der Waals surface area contributed by atoms with Crippen LogP contribution in [0.2, 0.25) is 5.02 Å². The molecule has 2 unspecified atom stereocenters. The molecule has 3 aromatic carbocycles. The van der Waals surface area contributed by atoms with Gasteiger partial charge in [0.1, 0.15) is 11.9 Å². The number of nitrogens with zero attached hydrogens (tertiary/aromatic N) is 2. The Bertz CT molecular complexity index is 1200. The first kappa shape index (κ1) is 23.8. The third kappa shape index (κ3) is 5.19. The topological polar surface area (TPSA) is 64.2 Å². The summed E-state index contributed by atoms with van der Waals surface area (Å²) in [6.07, 6.45) is -0.789. The zero-order valence-corrected chi connectivity index (χ0v) is 20.6. The Kier molecular flexibility index (Phi) is 7.30. The molecule has 6 heteroatoms. The van der Waals surface area contributed by atoms with Crippen LogP contribution in [0.3, 0.4) is 0 Å². The lowest BCUT2D eigenvalue weighted by Gasteiger charge is -2.42. The summed E-state index contributed by atoms with van der Waals surface area (Å²) in [6.45, 7) is 5.50. The maximum absolute atomic E-state index is 12.1. The molecule has 0 amide bonds. The van der Waals surface area contributed by atoms with Crippen molar-refractivity contribution in [1.29, 1.82) is 0 Å². The predicted molar refractivity (Wildman–Crippen MR) is 142 cm³/mol. The second-order valence-corrected chi connectivity index (χ2v) is 9.56. The molecular formula is C29H31ClN4O. The second kappa shape index (κ2) is 10.8. The van der Waals surface area contributed by atoms with Gasteiger partial charge in [0.25, 0.3) is 0 Å². The fourth-order valence-corrected chi connectivity index (χ4v) is 5.37. The van der Waals surface area contributed by atoms with E-state index in [0.29, 0.717) is 16.5 Å². The number of aliphatic hydroxyl groups excluding tert-OH is 1. The Morgan fingerprint density at radius 3 is 2.11 bits per heavy atom. The fraction of sp³-hybridized carbons (Fsp3) is 0.276. The quantitative estimate of drug-likeness (QED) is 0.337. The maximum atomic E-state index is 12.1. The van der Waals surface area contributed by atoms with Crippen LogP contribution >= 0.6 is 11.6 Å². The average Bonchev–Trinajstić information content (AvgIpc) is 3.30. The molecule has 35 heavy (non-hydrogen) atoms. The molecule has 2 heterocycles. The summed E-state index contributed by atoms with van der Waals surface area (Å²) in [5.41, 5.74) is 4.82. The number of H-pyrrole nitrogens is 1. The van der Waals surface area contributed by atoms with Crippen molar-refractivity contribution < 1.29 is 5.11 Å². The minimum atomic E-state index is -0.789. The molecule has 0 spiro atoms. The van der Waals surface area contributed by atoms with Gasteiger partial charge in [0.15, 0.2) is 0 Å². The van der Waals surface area contributed by atoms with Crippen molar-refractivity contribution in [3.05, 3.63) is 112 Å². The highest BCUT2D eigenvalue weighted by molar-refractivity contribution is 6.30. The Hall–Kier alpha value is -2.96. The number of imidazole rings is 1. The van der Waals surface area contributed by atoms with Crippen LogP contribution in [0.1, 0.15) is 34.5 Å². The van der Waals surface area contributed by atoms with Gasteiger partial charge in [-0.1, -0.05) is 84.4 Å². The van der Waals surface area contributed by atoms with E-state index in [1.54, 1.807) is 0 Å². The standard InChI is InChI=1S/C29H31ClN4O/c1-20-26(33-29(32-20)23-13-8-14-24(30)19-23)28(35)27(34-17-15-31-16-18-34)25(21-9-4-2-5-10-21)22-11-6-3-7-12-22/h2-14,19,25,27-28,31,35H,15-18H2,1H3,(H,32,33). The molecule has 4 aromatic rings. The number of rotatable bonds is 7. The number of aryl methyl sites for hydroxylation is 1. The van der Waals surface area contributed by atoms with E-state index >= 15 is 0 Å². The van der Waals surface area contributed by atoms with Gasteiger partial charge in [-0.15, -0.1) is 0 Å². The van der Waals surface area contributed by atoms with Crippen LogP contribution in [0.5, 0.6) is 0 Å². The smallest absolute Gasteiger partial charge is 0.137 e. The lowest BCUT2D eigenvalue weighted by Crippen LogP contribution is -2.52.